The summed E-state index contributed by atoms with van der Waals surface area (Å²) < 4.78 is 10.2. The summed E-state index contributed by atoms with van der Waals surface area (Å²) in [5.74, 6) is -1.58. The van der Waals surface area contributed by atoms with Crippen molar-refractivity contribution in [3.8, 4) is 5.75 Å². The number of hydrogen-bond donors (Lipinski definition) is 1. The summed E-state index contributed by atoms with van der Waals surface area (Å²) in [5.41, 5.74) is -0.556. The Kier molecular flexibility index (Phi) is 7.77. The number of hydrogen-bond acceptors (Lipinski definition) is 7. The summed E-state index contributed by atoms with van der Waals surface area (Å²) in [6, 6.07) is 0. The van der Waals surface area contributed by atoms with E-state index in [2.05, 4.69) is 15.3 Å². The number of carboxylic acid groups (broad SMARTS) is 1. The minimum absolute atomic E-state index is 0. The Morgan fingerprint density at radius 3 is 2.33 bits per heavy atom. The molecule has 0 spiro atoms. The van der Waals surface area contributed by atoms with Gasteiger partial charge in [-0.25, -0.2) is 14.8 Å². The second-order valence-electron chi connectivity index (χ2n) is 4.81. The van der Waals surface area contributed by atoms with Crippen LogP contribution in [0.3, 0.4) is 0 Å². The van der Waals surface area contributed by atoms with Gasteiger partial charge in [-0.3, -0.25) is 0 Å². The number of ether oxygens (including phenoxy) is 2. The number of nitrogens with one attached hydrogen (secondary N) is 1. The molecule has 0 aliphatic rings. The fourth-order valence-corrected chi connectivity index (χ4v) is 1.13. The van der Waals surface area contributed by atoms with Crippen molar-refractivity contribution in [2.45, 2.75) is 26.4 Å². The smallest absolute Gasteiger partial charge is 0.542 e. The number of amides is 1. The Morgan fingerprint density at radius 1 is 1.29 bits per heavy atom. The third kappa shape index (κ3) is 8.17. The van der Waals surface area contributed by atoms with Crippen molar-refractivity contribution in [1.29, 1.82) is 0 Å². The van der Waals surface area contributed by atoms with E-state index in [1.165, 1.54) is 12.4 Å². The maximum atomic E-state index is 11.3. The first-order valence-corrected chi connectivity index (χ1v) is 5.91. The van der Waals surface area contributed by atoms with E-state index in [0.717, 1.165) is 0 Å². The van der Waals surface area contributed by atoms with Crippen molar-refractivity contribution in [3.63, 3.8) is 0 Å². The van der Waals surface area contributed by atoms with Crippen LogP contribution in [-0.2, 0) is 4.74 Å². The molecule has 1 aromatic heterocycles. The van der Waals surface area contributed by atoms with Crippen LogP contribution in [0.1, 0.15) is 31.4 Å². The van der Waals surface area contributed by atoms with Gasteiger partial charge in [0.1, 0.15) is 18.2 Å². The van der Waals surface area contributed by atoms with Gasteiger partial charge >= 0.3 is 25.0 Å². The molecule has 0 atom stereocenters. The predicted molar refractivity (Wildman–Crippen MR) is 66.1 cm³/mol. The third-order valence-electron chi connectivity index (χ3n) is 1.85. The molecule has 1 rings (SSSR count). The predicted octanol–water partition coefficient (Wildman–Crippen LogP) is -3.25. The molecule has 9 heteroatoms. The van der Waals surface area contributed by atoms with Crippen molar-refractivity contribution in [1.82, 2.24) is 15.3 Å². The molecule has 0 unspecified atom stereocenters. The van der Waals surface area contributed by atoms with Crippen LogP contribution in [0.5, 0.6) is 5.75 Å². The van der Waals surface area contributed by atoms with E-state index in [-0.39, 0.29) is 32.0 Å². The van der Waals surface area contributed by atoms with Crippen LogP contribution in [0.15, 0.2) is 12.4 Å². The second-order valence-corrected chi connectivity index (χ2v) is 4.81. The Labute approximate surface area is 134 Å². The van der Waals surface area contributed by atoms with Crippen LogP contribution in [0, 0.1) is 0 Å². The summed E-state index contributed by atoms with van der Waals surface area (Å²) in [6.07, 6.45) is 1.89. The van der Waals surface area contributed by atoms with E-state index in [1.54, 1.807) is 20.8 Å². The van der Waals surface area contributed by atoms with E-state index in [9.17, 15) is 14.7 Å². The summed E-state index contributed by atoms with van der Waals surface area (Å²) >= 11 is 0. The molecule has 0 aliphatic heterocycles. The topological polar surface area (TPSA) is 113 Å². The molecule has 1 amide bonds. The molecular weight excluding hydrogens is 273 g/mol. The maximum Gasteiger partial charge on any atom is 1.00 e. The molecule has 0 radical (unpaired) electrons. The van der Waals surface area contributed by atoms with Crippen molar-refractivity contribution < 1.29 is 43.0 Å². The van der Waals surface area contributed by atoms with Crippen molar-refractivity contribution in [2.75, 3.05) is 13.2 Å². The van der Waals surface area contributed by atoms with Gasteiger partial charge in [0.2, 0.25) is 0 Å². The summed E-state index contributed by atoms with van der Waals surface area (Å²) in [4.78, 5) is 28.8. The number of alkyl carbamates (subject to hydrolysis) is 1. The molecule has 0 saturated carbocycles. The minimum Gasteiger partial charge on any atom is -0.542 e. The monoisotopic (exact) mass is 289 g/mol. The number of nitrogens with zero attached hydrogens (tertiary/aromatic N) is 2. The molecule has 21 heavy (non-hydrogen) atoms. The zero-order chi connectivity index (χ0) is 15.2. The van der Waals surface area contributed by atoms with Crippen molar-refractivity contribution in [3.05, 3.63) is 18.2 Å². The Bertz CT molecular complexity index is 473. The number of carbonyl (C=O) groups is 2. The molecular formula is C12H16LiN3O5. The third-order valence-corrected chi connectivity index (χ3v) is 1.85. The summed E-state index contributed by atoms with van der Waals surface area (Å²) in [7, 11) is 0. The van der Waals surface area contributed by atoms with Crippen LogP contribution in [0.4, 0.5) is 4.79 Å². The van der Waals surface area contributed by atoms with E-state index >= 15 is 0 Å². The Balaban J connectivity index is 0.00000400. The van der Waals surface area contributed by atoms with Crippen molar-refractivity contribution in [2.24, 2.45) is 0 Å². The molecule has 0 aliphatic carbocycles. The first-order chi connectivity index (χ1) is 9.28. The number of rotatable bonds is 5. The van der Waals surface area contributed by atoms with Crippen LogP contribution in [0.2, 0.25) is 0 Å². The van der Waals surface area contributed by atoms with E-state index in [0.29, 0.717) is 5.75 Å². The quantitative estimate of drug-likeness (QED) is 0.447. The normalized spacial score (nSPS) is 10.2. The maximum absolute atomic E-state index is 11.3. The van der Waals surface area contributed by atoms with Crippen LogP contribution >= 0.6 is 0 Å². The average Bonchev–Trinajstić information content (AvgIpc) is 2.33. The number of aromatic carboxylic acids is 1. The summed E-state index contributed by atoms with van der Waals surface area (Å²) in [6.45, 7) is 5.70. The van der Waals surface area contributed by atoms with Gasteiger partial charge < -0.3 is 24.7 Å². The van der Waals surface area contributed by atoms with E-state index in [1.807, 2.05) is 0 Å². The van der Waals surface area contributed by atoms with Gasteiger partial charge in [-0.1, -0.05) is 0 Å². The molecule has 110 valence electrons. The fraction of sp³-hybridized carbons (Fsp3) is 0.500. The van der Waals surface area contributed by atoms with Gasteiger partial charge in [-0.15, -0.1) is 0 Å². The first kappa shape index (κ1) is 19.2. The van der Waals surface area contributed by atoms with Gasteiger partial charge in [0.15, 0.2) is 11.6 Å². The van der Waals surface area contributed by atoms with Crippen LogP contribution in [0.25, 0.3) is 0 Å². The molecule has 0 saturated heterocycles. The SMILES string of the molecule is CC(C)(C)OC(=O)NCCOc1cnc(C(=O)[O-])nc1.[Li+]. The molecule has 1 heterocycles. The van der Waals surface area contributed by atoms with Gasteiger partial charge in [-0.2, -0.15) is 0 Å². The van der Waals surface area contributed by atoms with Crippen molar-refractivity contribution >= 4 is 12.1 Å². The average molecular weight is 289 g/mol. The molecule has 1 N–H and O–H groups in total. The summed E-state index contributed by atoms with van der Waals surface area (Å²) in [5, 5.41) is 12.9. The first-order valence-electron chi connectivity index (χ1n) is 5.91. The minimum atomic E-state index is -1.46. The van der Waals surface area contributed by atoms with E-state index in [4.69, 9.17) is 9.47 Å². The number of carboxylic acids is 1. The molecule has 0 fully saturated rings. The van der Waals surface area contributed by atoms with Crippen LogP contribution in [-0.4, -0.2) is 40.8 Å². The van der Waals surface area contributed by atoms with Gasteiger partial charge in [0.25, 0.3) is 0 Å². The van der Waals surface area contributed by atoms with Gasteiger partial charge in [0, 0.05) is 0 Å². The van der Waals surface area contributed by atoms with Crippen LogP contribution < -0.4 is 34.0 Å². The largest absolute Gasteiger partial charge is 1.00 e. The Hall–Kier alpha value is -1.78. The number of aromatic nitrogens is 2. The Morgan fingerprint density at radius 2 is 1.86 bits per heavy atom. The molecule has 0 aromatic carbocycles. The zero-order valence-electron chi connectivity index (χ0n) is 12.5. The van der Waals surface area contributed by atoms with Gasteiger partial charge in [-0.05, 0) is 20.8 Å². The fourth-order valence-electron chi connectivity index (χ4n) is 1.13. The second kappa shape index (κ2) is 8.49. The number of carbonyl (C=O) groups excluding carboxylic acids is 2. The zero-order valence-corrected chi connectivity index (χ0v) is 12.5. The van der Waals surface area contributed by atoms with E-state index < -0.39 is 23.5 Å². The molecule has 8 nitrogen and oxygen atoms in total. The standard InChI is InChI=1S/C12H17N3O5.Li/c1-12(2,3)20-11(18)13-4-5-19-8-6-14-9(10(16)17)15-7-8;/h6-7H,4-5H2,1-3H3,(H,13,18)(H,16,17);/q;+1/p-1. The molecule has 1 aromatic rings. The van der Waals surface area contributed by atoms with Gasteiger partial charge in [0.05, 0.1) is 18.9 Å². The molecule has 0 bridgehead atoms.